The first-order valence-corrected chi connectivity index (χ1v) is 4.00. The van der Waals surface area contributed by atoms with Crippen molar-refractivity contribution in [3.05, 3.63) is 12.2 Å². The fourth-order valence-electron chi connectivity index (χ4n) is 0.846. The van der Waals surface area contributed by atoms with Gasteiger partial charge >= 0.3 is 0 Å². The molecule has 1 heterocycles. The molecule has 0 aliphatic heterocycles. The van der Waals surface area contributed by atoms with Crippen molar-refractivity contribution < 1.29 is 0 Å². The molecule has 0 aromatic carbocycles. The predicted octanol–water partition coefficient (Wildman–Crippen LogP) is 1.32. The van der Waals surface area contributed by atoms with Crippen LogP contribution < -0.4 is 0 Å². The summed E-state index contributed by atoms with van der Waals surface area (Å²) in [4.78, 5) is 4.11. The van der Waals surface area contributed by atoms with Crippen LogP contribution in [0.15, 0.2) is 6.33 Å². The summed E-state index contributed by atoms with van der Waals surface area (Å²) in [6.45, 7) is 4.73. The Morgan fingerprint density at radius 1 is 1.67 bits per heavy atom. The molecule has 12 heavy (non-hydrogen) atoms. The van der Waals surface area contributed by atoms with E-state index in [4.69, 9.17) is 5.26 Å². The highest BCUT2D eigenvalue weighted by Crippen LogP contribution is 2.06. The first kappa shape index (κ1) is 8.72. The van der Waals surface area contributed by atoms with Gasteiger partial charge in [-0.2, -0.15) is 10.4 Å². The summed E-state index contributed by atoms with van der Waals surface area (Å²) >= 11 is 0. The van der Waals surface area contributed by atoms with Crippen LogP contribution in [0.3, 0.4) is 0 Å². The zero-order chi connectivity index (χ0) is 8.97. The van der Waals surface area contributed by atoms with Crippen LogP contribution >= 0.6 is 0 Å². The monoisotopic (exact) mass is 164 g/mol. The van der Waals surface area contributed by atoms with Crippen molar-refractivity contribution in [1.29, 1.82) is 5.26 Å². The van der Waals surface area contributed by atoms with Crippen molar-refractivity contribution in [3.8, 4) is 6.07 Å². The Bertz CT molecular complexity index is 281. The van der Waals surface area contributed by atoms with Gasteiger partial charge < -0.3 is 0 Å². The third-order valence-electron chi connectivity index (χ3n) is 1.52. The summed E-state index contributed by atoms with van der Waals surface area (Å²) < 4.78 is 1.71. The highest BCUT2D eigenvalue weighted by molar-refractivity contribution is 4.88. The predicted molar refractivity (Wildman–Crippen MR) is 44.3 cm³/mol. The number of hydrogen-bond donors (Lipinski definition) is 0. The fraction of sp³-hybridized carbons (Fsp3) is 0.625. The third kappa shape index (κ3) is 2.06. The van der Waals surface area contributed by atoms with E-state index < -0.39 is 0 Å². The number of hydrogen-bond acceptors (Lipinski definition) is 3. The lowest BCUT2D eigenvalue weighted by Gasteiger charge is -1.96. The van der Waals surface area contributed by atoms with Crippen LogP contribution in [0.4, 0.5) is 0 Å². The van der Waals surface area contributed by atoms with E-state index in [0.717, 1.165) is 5.82 Å². The number of aromatic nitrogens is 3. The topological polar surface area (TPSA) is 54.5 Å². The Balaban J connectivity index is 2.59. The Kier molecular flexibility index (Phi) is 2.81. The average molecular weight is 164 g/mol. The summed E-state index contributed by atoms with van der Waals surface area (Å²) in [5.74, 6) is 1.20. The van der Waals surface area contributed by atoms with E-state index in [0.29, 0.717) is 18.9 Å². The van der Waals surface area contributed by atoms with E-state index in [1.54, 1.807) is 11.0 Å². The maximum atomic E-state index is 8.33. The molecule has 0 spiro atoms. The SMILES string of the molecule is CC(C)c1ncn(CCC#N)n1. The van der Waals surface area contributed by atoms with E-state index >= 15 is 0 Å². The summed E-state index contributed by atoms with van der Waals surface area (Å²) in [5.41, 5.74) is 0. The van der Waals surface area contributed by atoms with Gasteiger partial charge in [0.1, 0.15) is 6.33 Å². The molecule has 4 heteroatoms. The first-order chi connectivity index (χ1) is 5.74. The highest BCUT2D eigenvalue weighted by Gasteiger charge is 2.03. The third-order valence-corrected chi connectivity index (χ3v) is 1.52. The standard InChI is InChI=1S/C8H12N4/c1-7(2)8-10-6-12(11-8)5-3-4-9/h6-7H,3,5H2,1-2H3. The van der Waals surface area contributed by atoms with Gasteiger partial charge in [-0.25, -0.2) is 4.98 Å². The Labute approximate surface area is 71.8 Å². The average Bonchev–Trinajstić information content (AvgIpc) is 2.48. The number of nitrogens with zero attached hydrogens (tertiary/aromatic N) is 4. The van der Waals surface area contributed by atoms with Crippen LogP contribution in [0.5, 0.6) is 0 Å². The van der Waals surface area contributed by atoms with Crippen molar-refractivity contribution in [2.24, 2.45) is 0 Å². The lowest BCUT2D eigenvalue weighted by molar-refractivity contribution is 0.609. The molecule has 1 rings (SSSR count). The normalized spacial score (nSPS) is 10.2. The van der Waals surface area contributed by atoms with Crippen molar-refractivity contribution in [1.82, 2.24) is 14.8 Å². The minimum absolute atomic E-state index is 0.355. The molecular weight excluding hydrogens is 152 g/mol. The van der Waals surface area contributed by atoms with Gasteiger partial charge in [0, 0.05) is 5.92 Å². The van der Waals surface area contributed by atoms with Crippen LogP contribution in [0.1, 0.15) is 32.0 Å². The van der Waals surface area contributed by atoms with Gasteiger partial charge in [-0.15, -0.1) is 0 Å². The van der Waals surface area contributed by atoms with E-state index in [2.05, 4.69) is 16.2 Å². The number of nitriles is 1. The van der Waals surface area contributed by atoms with Crippen LogP contribution in [0, 0.1) is 11.3 Å². The molecule has 0 radical (unpaired) electrons. The van der Waals surface area contributed by atoms with E-state index in [1.807, 2.05) is 13.8 Å². The van der Waals surface area contributed by atoms with E-state index in [-0.39, 0.29) is 0 Å². The molecule has 0 saturated heterocycles. The summed E-state index contributed by atoms with van der Waals surface area (Å²) in [6, 6.07) is 2.07. The van der Waals surface area contributed by atoms with Crippen LogP contribution in [0.2, 0.25) is 0 Å². The molecule has 0 bridgehead atoms. The highest BCUT2D eigenvalue weighted by atomic mass is 15.3. The largest absolute Gasteiger partial charge is 0.252 e. The molecule has 0 atom stereocenters. The summed E-state index contributed by atoms with van der Waals surface area (Å²) in [7, 11) is 0. The van der Waals surface area contributed by atoms with E-state index in [1.165, 1.54) is 0 Å². The van der Waals surface area contributed by atoms with Gasteiger partial charge in [0.15, 0.2) is 5.82 Å². The summed E-state index contributed by atoms with van der Waals surface area (Å²) in [5, 5.41) is 12.5. The lowest BCUT2D eigenvalue weighted by Crippen LogP contribution is -1.99. The zero-order valence-corrected chi connectivity index (χ0v) is 7.36. The molecule has 4 nitrogen and oxygen atoms in total. The molecule has 1 aromatic heterocycles. The second kappa shape index (κ2) is 3.86. The molecule has 0 amide bonds. The van der Waals surface area contributed by atoms with Crippen molar-refractivity contribution in [2.45, 2.75) is 32.7 Å². The zero-order valence-electron chi connectivity index (χ0n) is 7.36. The Morgan fingerprint density at radius 3 is 2.92 bits per heavy atom. The fourth-order valence-corrected chi connectivity index (χ4v) is 0.846. The molecule has 0 aliphatic carbocycles. The minimum Gasteiger partial charge on any atom is -0.252 e. The van der Waals surface area contributed by atoms with Gasteiger partial charge in [-0.1, -0.05) is 13.8 Å². The molecule has 0 fully saturated rings. The van der Waals surface area contributed by atoms with Gasteiger partial charge in [0.05, 0.1) is 19.0 Å². The number of rotatable bonds is 3. The van der Waals surface area contributed by atoms with Gasteiger partial charge in [0.25, 0.3) is 0 Å². The lowest BCUT2D eigenvalue weighted by atomic mass is 10.2. The van der Waals surface area contributed by atoms with Crippen LogP contribution in [-0.4, -0.2) is 14.8 Å². The van der Waals surface area contributed by atoms with Crippen molar-refractivity contribution >= 4 is 0 Å². The molecular formula is C8H12N4. The first-order valence-electron chi connectivity index (χ1n) is 4.00. The molecule has 0 saturated carbocycles. The molecule has 64 valence electrons. The second-order valence-electron chi connectivity index (χ2n) is 2.93. The summed E-state index contributed by atoms with van der Waals surface area (Å²) in [6.07, 6.45) is 2.16. The maximum absolute atomic E-state index is 8.33. The van der Waals surface area contributed by atoms with E-state index in [9.17, 15) is 0 Å². The van der Waals surface area contributed by atoms with Gasteiger partial charge in [0.2, 0.25) is 0 Å². The maximum Gasteiger partial charge on any atom is 0.153 e. The second-order valence-corrected chi connectivity index (χ2v) is 2.93. The van der Waals surface area contributed by atoms with Gasteiger partial charge in [-0.05, 0) is 0 Å². The molecule has 0 aliphatic rings. The van der Waals surface area contributed by atoms with Gasteiger partial charge in [-0.3, -0.25) is 4.68 Å². The molecule has 1 aromatic rings. The molecule has 0 N–H and O–H groups in total. The van der Waals surface area contributed by atoms with Crippen molar-refractivity contribution in [2.75, 3.05) is 0 Å². The number of aryl methyl sites for hydroxylation is 1. The van der Waals surface area contributed by atoms with Crippen molar-refractivity contribution in [3.63, 3.8) is 0 Å². The van der Waals surface area contributed by atoms with Crippen LogP contribution in [-0.2, 0) is 6.54 Å². The Morgan fingerprint density at radius 2 is 2.42 bits per heavy atom. The minimum atomic E-state index is 0.355. The smallest absolute Gasteiger partial charge is 0.153 e. The van der Waals surface area contributed by atoms with Crippen LogP contribution in [0.25, 0.3) is 0 Å². The molecule has 0 unspecified atom stereocenters. The Hall–Kier alpha value is -1.37. The quantitative estimate of drug-likeness (QED) is 0.676.